The maximum absolute atomic E-state index is 14.1. The van der Waals surface area contributed by atoms with Crippen molar-refractivity contribution < 1.29 is 4.39 Å². The normalized spacial score (nSPS) is 21.2. The second-order valence-electron chi connectivity index (χ2n) is 7.18. The van der Waals surface area contributed by atoms with E-state index in [1.807, 2.05) is 12.1 Å². The fraction of sp³-hybridized carbons (Fsp3) is 0.348. The molecule has 2 N–H and O–H groups in total. The number of nitrogens with zero attached hydrogens (tertiary/aromatic N) is 1. The number of benzene rings is 1. The van der Waals surface area contributed by atoms with E-state index in [4.69, 9.17) is 10.7 Å². The molecule has 27 heavy (non-hydrogen) atoms. The lowest BCUT2D eigenvalue weighted by Gasteiger charge is -2.26. The van der Waals surface area contributed by atoms with Crippen LogP contribution in [0.1, 0.15) is 37.3 Å². The van der Waals surface area contributed by atoms with E-state index in [1.54, 1.807) is 13.0 Å². The van der Waals surface area contributed by atoms with Crippen molar-refractivity contribution in [3.63, 3.8) is 0 Å². The zero-order valence-electron chi connectivity index (χ0n) is 15.9. The van der Waals surface area contributed by atoms with E-state index < -0.39 is 0 Å². The van der Waals surface area contributed by atoms with Crippen LogP contribution >= 0.6 is 22.6 Å². The molecule has 2 unspecified atom stereocenters. The lowest BCUT2D eigenvalue weighted by molar-refractivity contribution is 0.618. The first kappa shape index (κ1) is 20.2. The Labute approximate surface area is 175 Å². The summed E-state index contributed by atoms with van der Waals surface area (Å²) in [6.45, 7) is 8.87. The Morgan fingerprint density at radius 1 is 1.37 bits per heavy atom. The van der Waals surface area contributed by atoms with Crippen molar-refractivity contribution in [3.05, 3.63) is 82.2 Å². The molecule has 0 fully saturated rings. The minimum absolute atomic E-state index is 0.126. The van der Waals surface area contributed by atoms with E-state index in [0.717, 1.165) is 53.8 Å². The Morgan fingerprint density at radius 3 is 2.85 bits per heavy atom. The number of rotatable bonds is 5. The summed E-state index contributed by atoms with van der Waals surface area (Å²) < 4.78 is 14.7. The van der Waals surface area contributed by atoms with Gasteiger partial charge in [0.05, 0.1) is 11.8 Å². The van der Waals surface area contributed by atoms with Crippen molar-refractivity contribution >= 4 is 28.3 Å². The number of aliphatic imine (C=N–C) groups is 1. The molecule has 0 saturated carbocycles. The second-order valence-corrected chi connectivity index (χ2v) is 8.94. The summed E-state index contributed by atoms with van der Waals surface area (Å²) >= 11 is 2.48. The van der Waals surface area contributed by atoms with E-state index in [0.29, 0.717) is 9.49 Å². The number of halogens is 2. The predicted octanol–water partition coefficient (Wildman–Crippen LogP) is 5.61. The van der Waals surface area contributed by atoms with Gasteiger partial charge in [-0.2, -0.15) is 0 Å². The number of aryl methyl sites for hydroxylation is 1. The monoisotopic (exact) mass is 476 g/mol. The van der Waals surface area contributed by atoms with Crippen LogP contribution in [0.3, 0.4) is 0 Å². The fourth-order valence-corrected chi connectivity index (χ4v) is 3.92. The van der Waals surface area contributed by atoms with E-state index in [2.05, 4.69) is 54.3 Å². The standard InChI is InChI=1S/C23H26FIN2/c1-4-19(25)12-18-11-17(10-15(3)22(18)26)20-6-5-9-27-23(20)16-8-7-14(2)21(24)13-16/h6-8,10-11,13,19,22H,3-5,9,12,26H2,1-2H3. The summed E-state index contributed by atoms with van der Waals surface area (Å²) in [6, 6.07) is 5.22. The molecular weight excluding hydrogens is 450 g/mol. The molecular formula is C23H26FIN2. The number of alkyl halides is 1. The third kappa shape index (κ3) is 4.49. The molecule has 4 heteroatoms. The molecule has 0 aromatic heterocycles. The van der Waals surface area contributed by atoms with Crippen LogP contribution in [-0.4, -0.2) is 22.2 Å². The summed E-state index contributed by atoms with van der Waals surface area (Å²) in [5, 5.41) is 0. The van der Waals surface area contributed by atoms with Gasteiger partial charge >= 0.3 is 0 Å². The van der Waals surface area contributed by atoms with Crippen LogP contribution in [0.4, 0.5) is 4.39 Å². The molecule has 0 bridgehead atoms. The van der Waals surface area contributed by atoms with Gasteiger partial charge < -0.3 is 5.73 Å². The van der Waals surface area contributed by atoms with Crippen molar-refractivity contribution in [1.29, 1.82) is 0 Å². The van der Waals surface area contributed by atoms with Gasteiger partial charge in [0.2, 0.25) is 0 Å². The lowest BCUT2D eigenvalue weighted by atomic mass is 9.83. The van der Waals surface area contributed by atoms with Crippen molar-refractivity contribution in [3.8, 4) is 0 Å². The summed E-state index contributed by atoms with van der Waals surface area (Å²) in [6.07, 6.45) is 9.39. The molecule has 2 aliphatic rings. The molecule has 2 atom stereocenters. The Morgan fingerprint density at radius 2 is 2.15 bits per heavy atom. The van der Waals surface area contributed by atoms with Gasteiger partial charge in [-0.15, -0.1) is 0 Å². The van der Waals surface area contributed by atoms with Crippen LogP contribution in [0.15, 0.2) is 70.3 Å². The van der Waals surface area contributed by atoms with Crippen molar-refractivity contribution in [2.75, 3.05) is 6.54 Å². The third-order valence-corrected chi connectivity index (χ3v) is 6.46. The van der Waals surface area contributed by atoms with Gasteiger partial charge in [-0.3, -0.25) is 4.99 Å². The lowest BCUT2D eigenvalue weighted by Crippen LogP contribution is -2.28. The molecule has 0 saturated heterocycles. The Bertz CT molecular complexity index is 876. The highest BCUT2D eigenvalue weighted by Crippen LogP contribution is 2.32. The Balaban J connectivity index is 1.98. The summed E-state index contributed by atoms with van der Waals surface area (Å²) in [5.41, 5.74) is 13.0. The summed E-state index contributed by atoms with van der Waals surface area (Å²) in [7, 11) is 0. The van der Waals surface area contributed by atoms with Crippen molar-refractivity contribution in [1.82, 2.24) is 0 Å². The minimum Gasteiger partial charge on any atom is -0.321 e. The molecule has 3 rings (SSSR count). The first-order valence-electron chi connectivity index (χ1n) is 9.43. The first-order chi connectivity index (χ1) is 12.9. The first-order valence-corrected chi connectivity index (χ1v) is 10.7. The highest BCUT2D eigenvalue weighted by Gasteiger charge is 2.24. The number of allylic oxidation sites excluding steroid dienone is 3. The zero-order chi connectivity index (χ0) is 19.6. The van der Waals surface area contributed by atoms with Crippen molar-refractivity contribution in [2.24, 2.45) is 10.7 Å². The molecule has 1 heterocycles. The third-order valence-electron chi connectivity index (χ3n) is 5.14. The summed E-state index contributed by atoms with van der Waals surface area (Å²) in [5.74, 6) is -0.198. The molecule has 0 radical (unpaired) electrons. The van der Waals surface area contributed by atoms with Crippen LogP contribution in [0.2, 0.25) is 0 Å². The molecule has 1 aliphatic carbocycles. The van der Waals surface area contributed by atoms with E-state index in [9.17, 15) is 4.39 Å². The van der Waals surface area contributed by atoms with E-state index >= 15 is 0 Å². The van der Waals surface area contributed by atoms with Gasteiger partial charge in [-0.1, -0.05) is 60.4 Å². The Kier molecular flexibility index (Phi) is 6.48. The molecule has 1 aromatic rings. The van der Waals surface area contributed by atoms with Gasteiger partial charge in [0, 0.05) is 21.6 Å². The quantitative estimate of drug-likeness (QED) is 0.436. The highest BCUT2D eigenvalue weighted by molar-refractivity contribution is 14.1. The van der Waals surface area contributed by atoms with Crippen molar-refractivity contribution in [2.45, 2.75) is 43.1 Å². The molecule has 142 valence electrons. The smallest absolute Gasteiger partial charge is 0.126 e. The van der Waals surface area contributed by atoms with E-state index in [-0.39, 0.29) is 11.9 Å². The van der Waals surface area contributed by atoms with Crippen LogP contribution in [0, 0.1) is 12.7 Å². The maximum atomic E-state index is 14.1. The molecule has 0 amide bonds. The number of hydrogen-bond acceptors (Lipinski definition) is 2. The second kappa shape index (κ2) is 8.65. The number of dihydropyridines is 1. The largest absolute Gasteiger partial charge is 0.321 e. The van der Waals surface area contributed by atoms with Gasteiger partial charge in [0.15, 0.2) is 0 Å². The highest BCUT2D eigenvalue weighted by atomic mass is 127. The minimum atomic E-state index is -0.198. The van der Waals surface area contributed by atoms with Crippen LogP contribution in [-0.2, 0) is 0 Å². The van der Waals surface area contributed by atoms with Crippen LogP contribution in [0.5, 0.6) is 0 Å². The molecule has 2 nitrogen and oxygen atoms in total. The average Bonchev–Trinajstić information content (AvgIpc) is 2.67. The average molecular weight is 476 g/mol. The van der Waals surface area contributed by atoms with Crippen LogP contribution < -0.4 is 5.73 Å². The number of hydrogen-bond donors (Lipinski definition) is 1. The Hall–Kier alpha value is -1.53. The van der Waals surface area contributed by atoms with E-state index in [1.165, 1.54) is 5.57 Å². The number of nitrogens with two attached hydrogens (primary N) is 1. The molecule has 1 aromatic carbocycles. The molecule has 0 spiro atoms. The fourth-order valence-electron chi connectivity index (χ4n) is 3.41. The van der Waals surface area contributed by atoms with Gasteiger partial charge in [0.25, 0.3) is 0 Å². The maximum Gasteiger partial charge on any atom is 0.126 e. The molecule has 1 aliphatic heterocycles. The predicted molar refractivity (Wildman–Crippen MR) is 121 cm³/mol. The zero-order valence-corrected chi connectivity index (χ0v) is 18.1. The topological polar surface area (TPSA) is 38.4 Å². The van der Waals surface area contributed by atoms with Gasteiger partial charge in [0.1, 0.15) is 5.82 Å². The SMILES string of the molecule is C=C1C=C(C2=CCCN=C2c2ccc(C)c(F)c2)C=C(CC(I)CC)C1N. The summed E-state index contributed by atoms with van der Waals surface area (Å²) in [4.78, 5) is 4.72. The van der Waals surface area contributed by atoms with Gasteiger partial charge in [-0.05, 0) is 60.6 Å². The van der Waals surface area contributed by atoms with Crippen LogP contribution in [0.25, 0.3) is 0 Å². The van der Waals surface area contributed by atoms with Gasteiger partial charge in [-0.25, -0.2) is 4.39 Å².